The van der Waals surface area contributed by atoms with E-state index in [9.17, 15) is 14.0 Å². The van der Waals surface area contributed by atoms with Gasteiger partial charge in [0.2, 0.25) is 5.91 Å². The van der Waals surface area contributed by atoms with Gasteiger partial charge in [0.15, 0.2) is 23.0 Å². The molecule has 17 nitrogen and oxygen atoms in total. The third-order valence-electron chi connectivity index (χ3n) is 13.2. The molecule has 0 aliphatic carbocycles. The van der Waals surface area contributed by atoms with Crippen molar-refractivity contribution in [2.75, 3.05) is 52.7 Å². The van der Waals surface area contributed by atoms with Gasteiger partial charge < -0.3 is 45.1 Å². The largest absolute Gasteiger partial charge is 0.493 e. The first-order chi connectivity index (χ1) is 37.2. The van der Waals surface area contributed by atoms with Crippen LogP contribution >= 0.6 is 22.7 Å². The van der Waals surface area contributed by atoms with Gasteiger partial charge in [-0.3, -0.25) is 14.7 Å². The molecule has 6 heterocycles. The molecule has 77 heavy (non-hydrogen) atoms. The lowest BCUT2D eigenvalue weighted by molar-refractivity contribution is -0.128. The fraction of sp³-hybridized carbons (Fsp3) is 0.281. The zero-order valence-corrected chi connectivity index (χ0v) is 45.8. The van der Waals surface area contributed by atoms with Gasteiger partial charge in [-0.15, -0.1) is 22.7 Å². The third-order valence-corrected chi connectivity index (χ3v) is 15.8. The van der Waals surface area contributed by atoms with Gasteiger partial charge in [-0.2, -0.15) is 5.10 Å². The maximum Gasteiger partial charge on any atom is 0.272 e. The van der Waals surface area contributed by atoms with Gasteiger partial charge in [-0.05, 0) is 111 Å². The smallest absolute Gasteiger partial charge is 0.272 e. The van der Waals surface area contributed by atoms with Crippen molar-refractivity contribution in [1.29, 1.82) is 0 Å². The zero-order valence-electron chi connectivity index (χ0n) is 44.2. The molecule has 9 aromatic rings. The number of benzene rings is 4. The number of likely N-dealkylation sites (tertiary alicyclic amines) is 1. The summed E-state index contributed by atoms with van der Waals surface area (Å²) in [7, 11) is 8.29. The lowest BCUT2D eigenvalue weighted by atomic mass is 10.1. The number of fused-ring (bicyclic) bond motifs is 2. The second kappa shape index (κ2) is 23.8. The van der Waals surface area contributed by atoms with Crippen LogP contribution in [0.15, 0.2) is 103 Å². The molecule has 5 aromatic heterocycles. The molecule has 398 valence electrons. The summed E-state index contributed by atoms with van der Waals surface area (Å²) in [5.74, 6) is 4.68. The van der Waals surface area contributed by atoms with E-state index in [4.69, 9.17) is 23.9 Å². The molecule has 0 saturated carbocycles. The Morgan fingerprint density at radius 3 is 1.77 bits per heavy atom. The number of ether oxygens (including phenoxy) is 4. The van der Waals surface area contributed by atoms with Gasteiger partial charge in [0.25, 0.3) is 5.91 Å². The summed E-state index contributed by atoms with van der Waals surface area (Å²) in [6.07, 6.45) is 2.42. The average Bonchev–Trinajstić information content (AvgIpc) is 4.30. The van der Waals surface area contributed by atoms with E-state index >= 15 is 0 Å². The van der Waals surface area contributed by atoms with E-state index in [1.54, 1.807) is 74.3 Å². The van der Waals surface area contributed by atoms with Crippen molar-refractivity contribution in [3.05, 3.63) is 147 Å². The maximum absolute atomic E-state index is 14.1. The highest BCUT2D eigenvalue weighted by Gasteiger charge is 2.29. The fourth-order valence-corrected chi connectivity index (χ4v) is 11.3. The van der Waals surface area contributed by atoms with Crippen LogP contribution in [0.3, 0.4) is 0 Å². The Morgan fingerprint density at radius 2 is 1.25 bits per heavy atom. The van der Waals surface area contributed by atoms with Crippen LogP contribution in [0.1, 0.15) is 75.4 Å². The van der Waals surface area contributed by atoms with Crippen molar-refractivity contribution in [3.63, 3.8) is 0 Å². The number of carbonyl (C=O) groups is 2. The molecule has 0 spiro atoms. The maximum atomic E-state index is 14.1. The Labute approximate surface area is 453 Å². The first-order valence-corrected chi connectivity index (χ1v) is 26.5. The van der Waals surface area contributed by atoms with E-state index in [1.807, 2.05) is 63.4 Å². The molecule has 2 unspecified atom stereocenters. The number of methoxy groups -OCH3 is 4. The van der Waals surface area contributed by atoms with Crippen LogP contribution in [0, 0.1) is 19.7 Å². The van der Waals surface area contributed by atoms with E-state index in [0.717, 1.165) is 55.9 Å². The van der Waals surface area contributed by atoms with Crippen molar-refractivity contribution >= 4 is 67.9 Å². The summed E-state index contributed by atoms with van der Waals surface area (Å²) in [5, 5.41) is 21.6. The molecule has 5 N–H and O–H groups in total. The SMILES string of the molecule is COc1cc2nc(C)nc(NC(C)c3ccc(-c4ccc(F)cc4CNC(=O)c4cc[nH]n4)s3)c2cc1OC.COc1cc2nc(C)nc(NC(C)c3ccc(-c4ccccc4CN[C@H]4CCN(C)C4=O)s3)c2cc1OC. The number of H-pyrrole nitrogens is 1. The quantitative estimate of drug-likeness (QED) is 0.0543. The highest BCUT2D eigenvalue weighted by Crippen LogP contribution is 2.40. The molecular weight excluding hydrogens is 1020 g/mol. The Kier molecular flexibility index (Phi) is 16.6. The Balaban J connectivity index is 0.000000188. The van der Waals surface area contributed by atoms with Gasteiger partial charge in [-0.25, -0.2) is 24.3 Å². The minimum atomic E-state index is -0.368. The second-order valence-electron chi connectivity index (χ2n) is 18.4. The number of nitrogens with one attached hydrogen (secondary N) is 5. The molecule has 1 saturated heterocycles. The number of thiophene rings is 2. The number of anilines is 2. The molecule has 3 atom stereocenters. The number of likely N-dealkylation sites (N-methyl/N-ethyl adjacent to an activating group) is 1. The number of hydrogen-bond acceptors (Lipinski definition) is 16. The van der Waals surface area contributed by atoms with Crippen LogP contribution < -0.4 is 40.2 Å². The van der Waals surface area contributed by atoms with Crippen LogP contribution in [0.4, 0.5) is 16.0 Å². The van der Waals surface area contributed by atoms with Crippen molar-refractivity contribution in [2.24, 2.45) is 0 Å². The topological polar surface area (TPSA) is 203 Å². The molecule has 2 amide bonds. The average molecular weight is 1080 g/mol. The minimum Gasteiger partial charge on any atom is -0.493 e. The van der Waals surface area contributed by atoms with E-state index in [-0.39, 0.29) is 48.0 Å². The van der Waals surface area contributed by atoms with E-state index in [0.29, 0.717) is 52.6 Å². The monoisotopic (exact) mass is 1080 g/mol. The Morgan fingerprint density at radius 1 is 0.701 bits per heavy atom. The van der Waals surface area contributed by atoms with Crippen LogP contribution in [0.2, 0.25) is 0 Å². The predicted octanol–water partition coefficient (Wildman–Crippen LogP) is 10.8. The molecule has 0 bridgehead atoms. The molecule has 1 aliphatic heterocycles. The minimum absolute atomic E-state index is 0.0243. The van der Waals surface area contributed by atoms with E-state index in [2.05, 4.69) is 90.6 Å². The summed E-state index contributed by atoms with van der Waals surface area (Å²) in [4.78, 5) is 49.4. The van der Waals surface area contributed by atoms with Crippen molar-refractivity contribution in [1.82, 2.24) is 45.7 Å². The lowest BCUT2D eigenvalue weighted by Crippen LogP contribution is -2.36. The van der Waals surface area contributed by atoms with E-state index < -0.39 is 0 Å². The van der Waals surface area contributed by atoms with Crippen LogP contribution in [-0.2, 0) is 17.9 Å². The summed E-state index contributed by atoms with van der Waals surface area (Å²) in [6, 6.07) is 30.3. The molecule has 1 aliphatic rings. The Hall–Kier alpha value is -8.20. The first-order valence-electron chi connectivity index (χ1n) is 24.9. The molecular formula is C57H60FN11O6S2. The Bertz CT molecular complexity index is 3570. The number of aromatic amines is 1. The van der Waals surface area contributed by atoms with E-state index in [1.165, 1.54) is 33.0 Å². The second-order valence-corrected chi connectivity index (χ2v) is 20.6. The van der Waals surface area contributed by atoms with Crippen LogP contribution in [0.25, 0.3) is 42.7 Å². The molecule has 1 fully saturated rings. The number of carbonyl (C=O) groups excluding carboxylic acids is 2. The number of rotatable bonds is 18. The number of aromatic nitrogens is 6. The standard InChI is InChI=1S/C29H33N5O3S.C28H27FN6O3S/c1-17(31-28-21-14-24(36-4)25(37-5)15-23(21)32-18(2)33-28)26-10-11-27(38-26)20-9-7-6-8-19(20)16-30-22-12-13-34(3)29(22)35;1-15(32-27-20-12-23(37-3)24(38-4)13-22(20)33-16(2)34-27)25-7-8-26(39-25)19-6-5-18(29)11-17(19)14-30-28(36)21-9-10-31-35-21/h6-11,14-15,17,22,30H,12-13,16H2,1-5H3,(H,31,32,33);5-13,15H,14H2,1-4H3,(H,30,36)(H,31,35)(H,32,33,34)/t17?,22-;/m0./s1. The number of nitrogens with zero attached hydrogens (tertiary/aromatic N) is 6. The van der Waals surface area contributed by atoms with Crippen LogP contribution in [0.5, 0.6) is 23.0 Å². The van der Waals surface area contributed by atoms with Gasteiger partial charge in [0.05, 0.1) is 57.6 Å². The molecule has 0 radical (unpaired) electrons. The normalized spacial score (nSPS) is 14.0. The number of amides is 2. The highest BCUT2D eigenvalue weighted by molar-refractivity contribution is 7.16. The van der Waals surface area contributed by atoms with Gasteiger partial charge in [0, 0.05) is 75.3 Å². The molecule has 20 heteroatoms. The van der Waals surface area contributed by atoms with Crippen molar-refractivity contribution in [2.45, 2.75) is 65.3 Å². The summed E-state index contributed by atoms with van der Waals surface area (Å²) < 4.78 is 36.0. The lowest BCUT2D eigenvalue weighted by Gasteiger charge is -2.17. The van der Waals surface area contributed by atoms with Gasteiger partial charge in [0.1, 0.15) is 34.8 Å². The summed E-state index contributed by atoms with van der Waals surface area (Å²) in [6.45, 7) is 9.53. The van der Waals surface area contributed by atoms with Gasteiger partial charge >= 0.3 is 0 Å². The van der Waals surface area contributed by atoms with Crippen molar-refractivity contribution < 1.29 is 32.9 Å². The number of hydrogen-bond donors (Lipinski definition) is 5. The molecule has 10 rings (SSSR count). The van der Waals surface area contributed by atoms with Gasteiger partial charge in [-0.1, -0.05) is 30.3 Å². The third kappa shape index (κ3) is 12.1. The summed E-state index contributed by atoms with van der Waals surface area (Å²) in [5.41, 5.74) is 5.70. The number of halogens is 1. The zero-order chi connectivity index (χ0) is 54.3. The van der Waals surface area contributed by atoms with Crippen LogP contribution in [-0.4, -0.2) is 94.9 Å². The predicted molar refractivity (Wildman–Crippen MR) is 301 cm³/mol. The first kappa shape index (κ1) is 53.6. The highest BCUT2D eigenvalue weighted by atomic mass is 32.1. The van der Waals surface area contributed by atoms with Crippen molar-refractivity contribution in [3.8, 4) is 43.9 Å². The molecule has 4 aromatic carbocycles. The fourth-order valence-electron chi connectivity index (χ4n) is 9.14. The summed E-state index contributed by atoms with van der Waals surface area (Å²) >= 11 is 3.34. The number of aryl methyl sites for hydroxylation is 2.